The molecule has 1 aromatic carbocycles. The van der Waals surface area contributed by atoms with Gasteiger partial charge in [-0.1, -0.05) is 28.1 Å². The van der Waals surface area contributed by atoms with Crippen molar-refractivity contribution in [2.24, 2.45) is 0 Å². The van der Waals surface area contributed by atoms with Crippen molar-refractivity contribution in [1.29, 1.82) is 0 Å². The number of rotatable bonds is 1. The zero-order valence-electron chi connectivity index (χ0n) is 9.76. The van der Waals surface area contributed by atoms with Gasteiger partial charge in [-0.15, -0.1) is 0 Å². The SMILES string of the molecule is Cc1cc2ncc(-c3ccc(Br)cc3)c(N)n2n1. The van der Waals surface area contributed by atoms with Gasteiger partial charge in [-0.2, -0.15) is 9.61 Å². The molecule has 2 aromatic heterocycles. The Morgan fingerprint density at radius 2 is 1.94 bits per heavy atom. The molecular formula is C13H11BrN4. The molecule has 0 unspecified atom stereocenters. The molecule has 0 radical (unpaired) electrons. The molecule has 2 N–H and O–H groups in total. The molecule has 0 aliphatic carbocycles. The van der Waals surface area contributed by atoms with Crippen molar-refractivity contribution in [3.8, 4) is 11.1 Å². The van der Waals surface area contributed by atoms with Crippen LogP contribution >= 0.6 is 15.9 Å². The van der Waals surface area contributed by atoms with Crippen molar-refractivity contribution < 1.29 is 0 Å². The number of hydrogen-bond acceptors (Lipinski definition) is 3. The van der Waals surface area contributed by atoms with E-state index in [1.807, 2.05) is 37.3 Å². The smallest absolute Gasteiger partial charge is 0.157 e. The van der Waals surface area contributed by atoms with Crippen LogP contribution in [0.4, 0.5) is 5.82 Å². The van der Waals surface area contributed by atoms with E-state index >= 15 is 0 Å². The normalized spacial score (nSPS) is 11.0. The van der Waals surface area contributed by atoms with Crippen LogP contribution in [0.3, 0.4) is 0 Å². The van der Waals surface area contributed by atoms with Gasteiger partial charge in [-0.05, 0) is 24.6 Å². The van der Waals surface area contributed by atoms with Crippen molar-refractivity contribution in [3.63, 3.8) is 0 Å². The first kappa shape index (κ1) is 11.2. The standard InChI is InChI=1S/C13H11BrN4/c1-8-6-12-16-7-11(13(15)18(12)17-8)9-2-4-10(14)5-3-9/h2-7H,15H2,1H3. The maximum absolute atomic E-state index is 6.15. The molecule has 0 aliphatic heterocycles. The fraction of sp³-hybridized carbons (Fsp3) is 0.0769. The van der Waals surface area contributed by atoms with Crippen molar-refractivity contribution in [2.75, 3.05) is 5.73 Å². The van der Waals surface area contributed by atoms with E-state index in [0.29, 0.717) is 5.82 Å². The molecule has 0 saturated carbocycles. The topological polar surface area (TPSA) is 56.2 Å². The average molecular weight is 303 g/mol. The van der Waals surface area contributed by atoms with Gasteiger partial charge in [0.05, 0.1) is 5.69 Å². The monoisotopic (exact) mass is 302 g/mol. The number of fused-ring (bicyclic) bond motifs is 1. The molecule has 0 atom stereocenters. The summed E-state index contributed by atoms with van der Waals surface area (Å²) in [4.78, 5) is 4.37. The Morgan fingerprint density at radius 1 is 1.22 bits per heavy atom. The first-order valence-corrected chi connectivity index (χ1v) is 6.31. The molecule has 2 heterocycles. The third kappa shape index (κ3) is 1.76. The van der Waals surface area contributed by atoms with Gasteiger partial charge in [-0.25, -0.2) is 4.98 Å². The zero-order valence-corrected chi connectivity index (χ0v) is 11.3. The molecule has 5 heteroatoms. The Hall–Kier alpha value is -1.88. The minimum atomic E-state index is 0.607. The summed E-state index contributed by atoms with van der Waals surface area (Å²) in [6, 6.07) is 9.86. The van der Waals surface area contributed by atoms with E-state index in [4.69, 9.17) is 5.73 Å². The number of nitrogens with zero attached hydrogens (tertiary/aromatic N) is 3. The van der Waals surface area contributed by atoms with Gasteiger partial charge < -0.3 is 5.73 Å². The highest BCUT2D eigenvalue weighted by atomic mass is 79.9. The molecule has 18 heavy (non-hydrogen) atoms. The molecule has 3 rings (SSSR count). The fourth-order valence-corrected chi connectivity index (χ4v) is 2.18. The van der Waals surface area contributed by atoms with Crippen LogP contribution in [0, 0.1) is 6.92 Å². The molecule has 0 bridgehead atoms. The molecule has 0 saturated heterocycles. The molecular weight excluding hydrogens is 292 g/mol. The zero-order chi connectivity index (χ0) is 12.7. The van der Waals surface area contributed by atoms with Crippen molar-refractivity contribution in [2.45, 2.75) is 6.92 Å². The minimum Gasteiger partial charge on any atom is -0.383 e. The van der Waals surface area contributed by atoms with Gasteiger partial charge in [0.1, 0.15) is 5.82 Å². The maximum Gasteiger partial charge on any atom is 0.157 e. The van der Waals surface area contributed by atoms with Crippen LogP contribution in [0.15, 0.2) is 41.0 Å². The van der Waals surface area contributed by atoms with Gasteiger partial charge in [-0.3, -0.25) is 0 Å². The second-order valence-corrected chi connectivity index (χ2v) is 5.04. The summed E-state index contributed by atoms with van der Waals surface area (Å²) in [5, 5.41) is 4.34. The van der Waals surface area contributed by atoms with Gasteiger partial charge in [0.25, 0.3) is 0 Å². The Labute approximate surface area is 113 Å². The van der Waals surface area contributed by atoms with Crippen LogP contribution in [-0.2, 0) is 0 Å². The van der Waals surface area contributed by atoms with Crippen molar-refractivity contribution in [1.82, 2.24) is 14.6 Å². The Bertz CT molecular complexity index is 716. The van der Waals surface area contributed by atoms with Gasteiger partial charge in [0.15, 0.2) is 5.65 Å². The summed E-state index contributed by atoms with van der Waals surface area (Å²) in [7, 11) is 0. The molecule has 3 aromatic rings. The predicted molar refractivity (Wildman–Crippen MR) is 75.3 cm³/mol. The summed E-state index contributed by atoms with van der Waals surface area (Å²) < 4.78 is 2.71. The number of benzene rings is 1. The summed E-state index contributed by atoms with van der Waals surface area (Å²) in [5.41, 5.74) is 9.74. The molecule has 90 valence electrons. The lowest BCUT2D eigenvalue weighted by atomic mass is 10.1. The highest BCUT2D eigenvalue weighted by Gasteiger charge is 2.09. The van der Waals surface area contributed by atoms with Crippen LogP contribution in [-0.4, -0.2) is 14.6 Å². The molecule has 0 fully saturated rings. The molecule has 0 amide bonds. The Morgan fingerprint density at radius 3 is 2.67 bits per heavy atom. The van der Waals surface area contributed by atoms with Crippen LogP contribution in [0.25, 0.3) is 16.8 Å². The van der Waals surface area contributed by atoms with E-state index < -0.39 is 0 Å². The first-order valence-electron chi connectivity index (χ1n) is 5.52. The fourth-order valence-electron chi connectivity index (χ4n) is 1.92. The van der Waals surface area contributed by atoms with Crippen LogP contribution < -0.4 is 5.73 Å². The number of halogens is 1. The van der Waals surface area contributed by atoms with E-state index in [1.54, 1.807) is 10.7 Å². The Balaban J connectivity index is 2.23. The van der Waals surface area contributed by atoms with E-state index in [1.165, 1.54) is 0 Å². The number of aromatic nitrogens is 3. The van der Waals surface area contributed by atoms with E-state index in [9.17, 15) is 0 Å². The summed E-state index contributed by atoms with van der Waals surface area (Å²) in [5.74, 6) is 0.607. The second kappa shape index (κ2) is 4.10. The van der Waals surface area contributed by atoms with E-state index in [-0.39, 0.29) is 0 Å². The van der Waals surface area contributed by atoms with E-state index in [2.05, 4.69) is 26.0 Å². The molecule has 0 aliphatic rings. The average Bonchev–Trinajstić information content (AvgIpc) is 2.73. The second-order valence-electron chi connectivity index (χ2n) is 4.12. The lowest BCUT2D eigenvalue weighted by Gasteiger charge is -2.07. The maximum atomic E-state index is 6.15. The van der Waals surface area contributed by atoms with Crippen LogP contribution in [0.5, 0.6) is 0 Å². The number of nitrogens with two attached hydrogens (primary N) is 1. The largest absolute Gasteiger partial charge is 0.383 e. The molecule has 4 nitrogen and oxygen atoms in total. The highest BCUT2D eigenvalue weighted by molar-refractivity contribution is 9.10. The predicted octanol–water partition coefficient (Wildman–Crippen LogP) is 3.05. The Kier molecular flexibility index (Phi) is 2.56. The molecule has 0 spiro atoms. The van der Waals surface area contributed by atoms with E-state index in [0.717, 1.165) is 26.9 Å². The lowest BCUT2D eigenvalue weighted by molar-refractivity contribution is 0.930. The van der Waals surface area contributed by atoms with Crippen LogP contribution in [0.2, 0.25) is 0 Å². The minimum absolute atomic E-state index is 0.607. The van der Waals surface area contributed by atoms with Gasteiger partial charge in [0, 0.05) is 22.3 Å². The van der Waals surface area contributed by atoms with Gasteiger partial charge >= 0.3 is 0 Å². The summed E-state index contributed by atoms with van der Waals surface area (Å²) in [6.07, 6.45) is 1.79. The number of aryl methyl sites for hydroxylation is 1. The quantitative estimate of drug-likeness (QED) is 0.751. The first-order chi connectivity index (χ1) is 8.65. The van der Waals surface area contributed by atoms with Gasteiger partial charge in [0.2, 0.25) is 0 Å². The van der Waals surface area contributed by atoms with Crippen molar-refractivity contribution in [3.05, 3.63) is 46.7 Å². The number of anilines is 1. The summed E-state index contributed by atoms with van der Waals surface area (Å²) >= 11 is 3.42. The summed E-state index contributed by atoms with van der Waals surface area (Å²) in [6.45, 7) is 1.92. The number of hydrogen-bond donors (Lipinski definition) is 1. The lowest BCUT2D eigenvalue weighted by Crippen LogP contribution is -2.02. The highest BCUT2D eigenvalue weighted by Crippen LogP contribution is 2.26. The van der Waals surface area contributed by atoms with Crippen molar-refractivity contribution >= 4 is 27.4 Å². The number of nitrogen functional groups attached to an aromatic ring is 1. The van der Waals surface area contributed by atoms with Crippen LogP contribution in [0.1, 0.15) is 5.69 Å². The third-order valence-electron chi connectivity index (χ3n) is 2.80. The third-order valence-corrected chi connectivity index (χ3v) is 3.33.